The molecule has 0 spiro atoms. The highest BCUT2D eigenvalue weighted by Gasteiger charge is 2.67. The molecule has 3 aliphatic rings. The summed E-state index contributed by atoms with van der Waals surface area (Å²) in [7, 11) is 0. The van der Waals surface area contributed by atoms with Crippen LogP contribution in [0.5, 0.6) is 0 Å². The molecule has 0 radical (unpaired) electrons. The smallest absolute Gasteiger partial charge is 0.303 e. The van der Waals surface area contributed by atoms with Crippen molar-refractivity contribution in [3.8, 4) is 0 Å². The second-order valence-corrected chi connectivity index (χ2v) is 9.72. The van der Waals surface area contributed by atoms with Gasteiger partial charge in [-0.2, -0.15) is 0 Å². The average molecular weight is 581 g/mol. The monoisotopic (exact) mass is 580 g/mol. The van der Waals surface area contributed by atoms with E-state index in [0.717, 1.165) is 5.56 Å². The summed E-state index contributed by atoms with van der Waals surface area (Å²) in [5.74, 6) is -16.3. The van der Waals surface area contributed by atoms with E-state index in [9.17, 15) is 54.5 Å². The van der Waals surface area contributed by atoms with Gasteiger partial charge in [0.2, 0.25) is 0 Å². The van der Waals surface area contributed by atoms with E-state index in [2.05, 4.69) is 16.8 Å². The van der Waals surface area contributed by atoms with E-state index in [4.69, 9.17) is 4.74 Å². The summed E-state index contributed by atoms with van der Waals surface area (Å²) in [5.41, 5.74) is -0.461. The number of hydrogen-bond donors (Lipinski definition) is 9. The zero-order valence-electron chi connectivity index (χ0n) is 21.5. The average Bonchev–Trinajstić information content (AvgIpc) is 3.24. The van der Waals surface area contributed by atoms with Gasteiger partial charge in [0, 0.05) is 37.3 Å². The minimum Gasteiger partial charge on any atom is -0.505 e. The molecule has 41 heavy (non-hydrogen) atoms. The lowest BCUT2D eigenvalue weighted by molar-refractivity contribution is -0.355. The molecule has 0 aromatic heterocycles. The van der Waals surface area contributed by atoms with Crippen LogP contribution < -0.4 is 10.6 Å². The number of carbonyl (C=O) groups excluding carboxylic acids is 3. The number of carbonyl (C=O) groups is 3. The van der Waals surface area contributed by atoms with Crippen LogP contribution in [0.2, 0.25) is 0 Å². The molecular weight excluding hydrogens is 551 g/mol. The van der Waals surface area contributed by atoms with Crippen LogP contribution in [0.25, 0.3) is 0 Å². The molecule has 0 aliphatic carbocycles. The van der Waals surface area contributed by atoms with Gasteiger partial charge < -0.3 is 50.7 Å². The number of morpholine rings is 1. The molecule has 1 unspecified atom stereocenters. The van der Waals surface area contributed by atoms with Gasteiger partial charge in [0.1, 0.15) is 5.82 Å². The molecule has 1 atom stereocenters. The number of hydrogen-bond acceptors (Lipinski definition) is 13. The zero-order chi connectivity index (χ0) is 30.3. The summed E-state index contributed by atoms with van der Waals surface area (Å²) < 4.78 is 19.9. The highest BCUT2D eigenvalue weighted by molar-refractivity contribution is 6.09. The number of imide groups is 1. The molecule has 3 saturated heterocycles. The molecule has 3 heterocycles. The second kappa shape index (κ2) is 11.1. The molecule has 222 valence electrons. The molecule has 3 aliphatic heterocycles. The van der Waals surface area contributed by atoms with Gasteiger partial charge in [0.25, 0.3) is 23.5 Å². The van der Waals surface area contributed by atoms with Crippen molar-refractivity contribution in [2.75, 3.05) is 32.8 Å². The van der Waals surface area contributed by atoms with Crippen LogP contribution in [0.1, 0.15) is 11.1 Å². The van der Waals surface area contributed by atoms with Gasteiger partial charge in [-0.1, -0.05) is 12.6 Å². The minimum atomic E-state index is -3.95. The first-order valence-corrected chi connectivity index (χ1v) is 12.3. The first-order valence-electron chi connectivity index (χ1n) is 12.3. The maximum Gasteiger partial charge on any atom is 0.303 e. The van der Waals surface area contributed by atoms with Gasteiger partial charge in [-0.25, -0.2) is 4.39 Å². The van der Waals surface area contributed by atoms with Gasteiger partial charge in [0.15, 0.2) is 23.4 Å². The summed E-state index contributed by atoms with van der Waals surface area (Å²) in [6.07, 6.45) is 0. The Labute approximate surface area is 231 Å². The third-order valence-corrected chi connectivity index (χ3v) is 6.97. The predicted molar refractivity (Wildman–Crippen MR) is 133 cm³/mol. The standard InChI is InChI=1S/C25H29FN4O11/c1-12(31)18(32)17-15(11-30(22(17)35)19-21(34)28-23(36)25(39,40)24(19,37)38)20(33)27-9-14-8-13(2-3-16(14)26)10-29-4-6-41-7-5-29/h2-3,8,19,27,31-33,37-40H,1,4-7,9-11H2,(H,28,34,36)/b18-17-,20-15-. The number of halogens is 1. The van der Waals surface area contributed by atoms with Gasteiger partial charge in [-0.05, 0) is 17.7 Å². The molecule has 0 bridgehead atoms. The van der Waals surface area contributed by atoms with E-state index < -0.39 is 76.2 Å². The molecule has 1 aromatic carbocycles. The number of aliphatic hydroxyl groups excluding tert-OH is 3. The summed E-state index contributed by atoms with van der Waals surface area (Å²) in [4.78, 5) is 39.9. The van der Waals surface area contributed by atoms with Crippen LogP contribution in [0.15, 0.2) is 53.3 Å². The van der Waals surface area contributed by atoms with Crippen molar-refractivity contribution in [3.05, 3.63) is 70.3 Å². The van der Waals surface area contributed by atoms with E-state index in [1.165, 1.54) is 11.4 Å². The number of piperidine rings is 1. The topological polar surface area (TPSA) is 233 Å². The molecule has 1 aromatic rings. The maximum absolute atomic E-state index is 14.6. The molecule has 16 heteroatoms. The van der Waals surface area contributed by atoms with Crippen molar-refractivity contribution < 1.29 is 59.3 Å². The minimum absolute atomic E-state index is 0.116. The summed E-state index contributed by atoms with van der Waals surface area (Å²) >= 11 is 0. The molecule has 9 N–H and O–H groups in total. The van der Waals surface area contributed by atoms with Gasteiger partial charge >= 0.3 is 5.79 Å². The van der Waals surface area contributed by atoms with Crippen LogP contribution in [-0.4, -0.2) is 114 Å². The van der Waals surface area contributed by atoms with Crippen LogP contribution >= 0.6 is 0 Å². The van der Waals surface area contributed by atoms with E-state index in [0.29, 0.717) is 37.7 Å². The Kier molecular flexibility index (Phi) is 8.08. The van der Waals surface area contributed by atoms with Gasteiger partial charge in [-0.15, -0.1) is 0 Å². The van der Waals surface area contributed by atoms with Crippen LogP contribution in [-0.2, 0) is 32.2 Å². The number of nitrogens with one attached hydrogen (secondary N) is 2. The Morgan fingerprint density at radius 1 is 1.12 bits per heavy atom. The second-order valence-electron chi connectivity index (χ2n) is 9.72. The largest absolute Gasteiger partial charge is 0.505 e. The lowest BCUT2D eigenvalue weighted by atomic mass is 9.90. The Bertz CT molecular complexity index is 1350. The van der Waals surface area contributed by atoms with E-state index in [1.807, 2.05) is 0 Å². The number of nitrogens with zero attached hydrogens (tertiary/aromatic N) is 2. The fourth-order valence-corrected chi connectivity index (χ4v) is 4.72. The number of ether oxygens (including phenoxy) is 1. The summed E-state index contributed by atoms with van der Waals surface area (Å²) in [6.45, 7) is 4.92. The quantitative estimate of drug-likeness (QED) is 0.0711. The highest BCUT2D eigenvalue weighted by Crippen LogP contribution is 2.36. The van der Waals surface area contributed by atoms with Crippen molar-refractivity contribution in [3.63, 3.8) is 0 Å². The number of aliphatic hydroxyl groups is 7. The first kappa shape index (κ1) is 29.9. The Morgan fingerprint density at radius 2 is 1.78 bits per heavy atom. The highest BCUT2D eigenvalue weighted by atomic mass is 19.1. The van der Waals surface area contributed by atoms with Crippen LogP contribution in [0.4, 0.5) is 4.39 Å². The van der Waals surface area contributed by atoms with Crippen molar-refractivity contribution in [2.45, 2.75) is 30.7 Å². The number of amides is 3. The lowest BCUT2D eigenvalue weighted by Gasteiger charge is -2.44. The lowest BCUT2D eigenvalue weighted by Crippen LogP contribution is -2.79. The van der Waals surface area contributed by atoms with E-state index in [-0.39, 0.29) is 12.1 Å². The molecule has 15 nitrogen and oxygen atoms in total. The third-order valence-electron chi connectivity index (χ3n) is 6.97. The van der Waals surface area contributed by atoms with E-state index in [1.54, 1.807) is 12.1 Å². The van der Waals surface area contributed by atoms with Gasteiger partial charge in [0.05, 0.1) is 25.3 Å². The molecule has 0 saturated carbocycles. The summed E-state index contributed by atoms with van der Waals surface area (Å²) in [5, 5.41) is 75.4. The zero-order valence-corrected chi connectivity index (χ0v) is 21.5. The molecule has 4 rings (SSSR count). The van der Waals surface area contributed by atoms with Crippen molar-refractivity contribution >= 4 is 17.7 Å². The fourth-order valence-electron chi connectivity index (χ4n) is 4.72. The molecule has 3 amide bonds. The predicted octanol–water partition coefficient (Wildman–Crippen LogP) is -2.37. The Morgan fingerprint density at radius 3 is 2.41 bits per heavy atom. The molecule has 3 fully saturated rings. The number of likely N-dealkylation sites (tertiary alicyclic amines) is 1. The normalized spacial score (nSPS) is 25.1. The fraction of sp³-hybridized carbons (Fsp3) is 0.400. The summed E-state index contributed by atoms with van der Waals surface area (Å²) in [6, 6.07) is 1.86. The third kappa shape index (κ3) is 5.48. The van der Waals surface area contributed by atoms with Crippen LogP contribution in [0.3, 0.4) is 0 Å². The maximum atomic E-state index is 14.6. The SMILES string of the molecule is C=C(O)/C(O)=C1/C(=O)N(C2C(=O)NC(=O)C(O)(O)C2(O)O)C/C1=C(/O)NCc1cc(CN2CCOCC2)ccc1F. The number of benzene rings is 1. The van der Waals surface area contributed by atoms with Crippen LogP contribution in [0, 0.1) is 5.82 Å². The van der Waals surface area contributed by atoms with Crippen molar-refractivity contribution in [1.29, 1.82) is 0 Å². The van der Waals surface area contributed by atoms with E-state index >= 15 is 0 Å². The molecular formula is C25H29FN4O11. The first-order chi connectivity index (χ1) is 19.2. The van der Waals surface area contributed by atoms with Crippen molar-refractivity contribution in [1.82, 2.24) is 20.4 Å². The Balaban J connectivity index is 1.64. The number of rotatable bonds is 7. The van der Waals surface area contributed by atoms with Crippen molar-refractivity contribution in [2.24, 2.45) is 0 Å². The van der Waals surface area contributed by atoms with Gasteiger partial charge in [-0.3, -0.25) is 24.6 Å². The Hall–Kier alpha value is -4.06.